The lowest BCUT2D eigenvalue weighted by molar-refractivity contribution is 0.418. The molecule has 0 amide bonds. The Morgan fingerprint density at radius 2 is 1.89 bits per heavy atom. The predicted molar refractivity (Wildman–Crippen MR) is 73.5 cm³/mol. The van der Waals surface area contributed by atoms with Gasteiger partial charge in [0.15, 0.2) is 0 Å². The third kappa shape index (κ3) is 2.40. The second kappa shape index (κ2) is 5.25. The van der Waals surface area contributed by atoms with E-state index in [1.165, 1.54) is 0 Å². The SMILES string of the molecule is CCc1c(O)nn(CC(C)C)c1-c1ccccc1. The lowest BCUT2D eigenvalue weighted by Crippen LogP contribution is -2.08. The number of hydrogen-bond donors (Lipinski definition) is 1. The summed E-state index contributed by atoms with van der Waals surface area (Å²) >= 11 is 0. The molecule has 0 aliphatic rings. The summed E-state index contributed by atoms with van der Waals surface area (Å²) < 4.78 is 1.92. The van der Waals surface area contributed by atoms with Gasteiger partial charge in [0.2, 0.25) is 5.88 Å². The van der Waals surface area contributed by atoms with E-state index in [0.717, 1.165) is 29.8 Å². The third-order valence-electron chi connectivity index (χ3n) is 2.97. The quantitative estimate of drug-likeness (QED) is 0.894. The van der Waals surface area contributed by atoms with Crippen LogP contribution < -0.4 is 0 Å². The van der Waals surface area contributed by atoms with E-state index in [-0.39, 0.29) is 5.88 Å². The molecule has 96 valence electrons. The molecule has 18 heavy (non-hydrogen) atoms. The van der Waals surface area contributed by atoms with Crippen LogP contribution in [0.25, 0.3) is 11.3 Å². The summed E-state index contributed by atoms with van der Waals surface area (Å²) in [5.41, 5.74) is 3.09. The Morgan fingerprint density at radius 1 is 1.22 bits per heavy atom. The average molecular weight is 244 g/mol. The lowest BCUT2D eigenvalue weighted by Gasteiger charge is -2.11. The first-order valence-corrected chi connectivity index (χ1v) is 6.47. The largest absolute Gasteiger partial charge is 0.492 e. The summed E-state index contributed by atoms with van der Waals surface area (Å²) in [4.78, 5) is 0. The number of benzene rings is 1. The normalized spacial score (nSPS) is 11.1. The molecule has 0 saturated heterocycles. The molecule has 0 radical (unpaired) electrons. The molecule has 0 bridgehead atoms. The highest BCUT2D eigenvalue weighted by Gasteiger charge is 2.17. The minimum absolute atomic E-state index is 0.164. The van der Waals surface area contributed by atoms with Gasteiger partial charge in [0, 0.05) is 17.7 Å². The first kappa shape index (κ1) is 12.7. The molecular formula is C15H20N2O. The van der Waals surface area contributed by atoms with Gasteiger partial charge in [-0.3, -0.25) is 4.68 Å². The molecule has 0 atom stereocenters. The van der Waals surface area contributed by atoms with Gasteiger partial charge in [0.05, 0.1) is 5.69 Å². The van der Waals surface area contributed by atoms with Crippen LogP contribution in [0.4, 0.5) is 0 Å². The van der Waals surface area contributed by atoms with Gasteiger partial charge < -0.3 is 5.11 Å². The molecule has 0 aliphatic heterocycles. The molecular weight excluding hydrogens is 224 g/mol. The Bertz CT molecular complexity index is 515. The van der Waals surface area contributed by atoms with Crippen molar-refractivity contribution in [2.75, 3.05) is 0 Å². The van der Waals surface area contributed by atoms with Gasteiger partial charge in [-0.15, -0.1) is 5.10 Å². The summed E-state index contributed by atoms with van der Waals surface area (Å²) in [6.45, 7) is 7.17. The van der Waals surface area contributed by atoms with Gasteiger partial charge in [-0.2, -0.15) is 0 Å². The van der Waals surface area contributed by atoms with E-state index in [1.807, 2.05) is 29.8 Å². The molecule has 3 heteroatoms. The van der Waals surface area contributed by atoms with E-state index in [4.69, 9.17) is 0 Å². The summed E-state index contributed by atoms with van der Waals surface area (Å²) in [7, 11) is 0. The maximum Gasteiger partial charge on any atom is 0.234 e. The molecule has 2 aromatic rings. The fraction of sp³-hybridized carbons (Fsp3) is 0.400. The van der Waals surface area contributed by atoms with Crippen LogP contribution in [0.1, 0.15) is 26.3 Å². The second-order valence-electron chi connectivity index (χ2n) is 4.95. The fourth-order valence-corrected chi connectivity index (χ4v) is 2.21. The fourth-order valence-electron chi connectivity index (χ4n) is 2.21. The Labute approximate surface area is 108 Å². The molecule has 0 unspecified atom stereocenters. The lowest BCUT2D eigenvalue weighted by atomic mass is 10.1. The van der Waals surface area contributed by atoms with Crippen LogP contribution in [0.2, 0.25) is 0 Å². The van der Waals surface area contributed by atoms with Gasteiger partial charge in [0.25, 0.3) is 0 Å². The Kier molecular flexibility index (Phi) is 3.70. The van der Waals surface area contributed by atoms with Crippen LogP contribution in [0, 0.1) is 5.92 Å². The standard InChI is InChI=1S/C15H20N2O/c1-4-13-14(12-8-6-5-7-9-12)17(10-11(2)3)16-15(13)18/h5-9,11H,4,10H2,1-3H3,(H,16,18). The Hall–Kier alpha value is -1.77. The molecule has 0 saturated carbocycles. The molecule has 1 aromatic heterocycles. The highest BCUT2D eigenvalue weighted by atomic mass is 16.3. The summed E-state index contributed by atoms with van der Waals surface area (Å²) in [5.74, 6) is 0.661. The third-order valence-corrected chi connectivity index (χ3v) is 2.97. The van der Waals surface area contributed by atoms with Gasteiger partial charge in [-0.05, 0) is 12.3 Å². The number of rotatable bonds is 4. The van der Waals surface area contributed by atoms with Crippen LogP contribution in [-0.4, -0.2) is 14.9 Å². The topological polar surface area (TPSA) is 38.1 Å². The van der Waals surface area contributed by atoms with Crippen molar-refractivity contribution >= 4 is 0 Å². The first-order chi connectivity index (χ1) is 8.63. The zero-order chi connectivity index (χ0) is 13.1. The molecule has 1 heterocycles. The highest BCUT2D eigenvalue weighted by molar-refractivity contribution is 5.65. The van der Waals surface area contributed by atoms with Crippen LogP contribution >= 0.6 is 0 Å². The van der Waals surface area contributed by atoms with E-state index in [9.17, 15) is 5.11 Å². The minimum Gasteiger partial charge on any atom is -0.492 e. The van der Waals surface area contributed by atoms with Crippen LogP contribution in [0.3, 0.4) is 0 Å². The monoisotopic (exact) mass is 244 g/mol. The molecule has 2 rings (SSSR count). The molecule has 0 aliphatic carbocycles. The number of hydrogen-bond acceptors (Lipinski definition) is 2. The van der Waals surface area contributed by atoms with Crippen molar-refractivity contribution in [2.24, 2.45) is 5.92 Å². The first-order valence-electron chi connectivity index (χ1n) is 6.47. The smallest absolute Gasteiger partial charge is 0.234 e. The highest BCUT2D eigenvalue weighted by Crippen LogP contribution is 2.30. The zero-order valence-corrected chi connectivity index (χ0v) is 11.2. The van der Waals surface area contributed by atoms with Gasteiger partial charge in [-0.1, -0.05) is 51.1 Å². The summed E-state index contributed by atoms with van der Waals surface area (Å²) in [6.07, 6.45) is 0.786. The number of aromatic hydroxyl groups is 1. The van der Waals surface area contributed by atoms with Crippen molar-refractivity contribution in [2.45, 2.75) is 33.7 Å². The number of nitrogens with zero attached hydrogens (tertiary/aromatic N) is 2. The molecule has 1 aromatic carbocycles. The molecule has 0 fully saturated rings. The molecule has 0 spiro atoms. The second-order valence-corrected chi connectivity index (χ2v) is 4.95. The van der Waals surface area contributed by atoms with Gasteiger partial charge in [0.1, 0.15) is 0 Å². The van der Waals surface area contributed by atoms with Gasteiger partial charge >= 0.3 is 0 Å². The molecule has 1 N–H and O–H groups in total. The molecule has 3 nitrogen and oxygen atoms in total. The summed E-state index contributed by atoms with van der Waals surface area (Å²) in [6, 6.07) is 10.1. The minimum atomic E-state index is 0.164. The Morgan fingerprint density at radius 3 is 2.44 bits per heavy atom. The van der Waals surface area contributed by atoms with Crippen molar-refractivity contribution < 1.29 is 5.11 Å². The van der Waals surface area contributed by atoms with Crippen molar-refractivity contribution in [3.05, 3.63) is 35.9 Å². The maximum atomic E-state index is 9.95. The van der Waals surface area contributed by atoms with E-state index >= 15 is 0 Å². The van der Waals surface area contributed by atoms with E-state index in [1.54, 1.807) is 0 Å². The van der Waals surface area contributed by atoms with Gasteiger partial charge in [-0.25, -0.2) is 0 Å². The Balaban J connectivity index is 2.55. The van der Waals surface area contributed by atoms with Crippen molar-refractivity contribution in [3.8, 4) is 17.1 Å². The van der Waals surface area contributed by atoms with Crippen LogP contribution in [0.5, 0.6) is 5.88 Å². The van der Waals surface area contributed by atoms with E-state index in [0.29, 0.717) is 5.92 Å². The summed E-state index contributed by atoms with van der Waals surface area (Å²) in [5, 5.41) is 14.2. The van der Waals surface area contributed by atoms with Crippen molar-refractivity contribution in [3.63, 3.8) is 0 Å². The van der Waals surface area contributed by atoms with E-state index < -0.39 is 0 Å². The predicted octanol–water partition coefficient (Wildman–Crippen LogP) is 3.47. The zero-order valence-electron chi connectivity index (χ0n) is 11.2. The van der Waals surface area contributed by atoms with Crippen molar-refractivity contribution in [1.29, 1.82) is 0 Å². The van der Waals surface area contributed by atoms with Crippen molar-refractivity contribution in [1.82, 2.24) is 9.78 Å². The average Bonchev–Trinajstić information content (AvgIpc) is 2.65. The maximum absolute atomic E-state index is 9.95. The van der Waals surface area contributed by atoms with Crippen LogP contribution in [-0.2, 0) is 13.0 Å². The van der Waals surface area contributed by atoms with Crippen LogP contribution in [0.15, 0.2) is 30.3 Å². The van der Waals surface area contributed by atoms with E-state index in [2.05, 4.69) is 31.1 Å². The number of aromatic nitrogens is 2.